The molecule has 2 N–H and O–H groups in total. The minimum atomic E-state index is -0.485. The van der Waals surface area contributed by atoms with Crippen molar-refractivity contribution in [3.63, 3.8) is 0 Å². The molecule has 8 nitrogen and oxygen atoms in total. The number of nitro benzene ring substituents is 1. The largest absolute Gasteiger partial charge is 0.326 e. The maximum atomic E-state index is 12.1. The lowest BCUT2D eigenvalue weighted by Crippen LogP contribution is -2.17. The average Bonchev–Trinajstić information content (AvgIpc) is 2.72. The van der Waals surface area contributed by atoms with E-state index in [0.29, 0.717) is 23.2 Å². The summed E-state index contributed by atoms with van der Waals surface area (Å²) in [5.41, 5.74) is 4.03. The van der Waals surface area contributed by atoms with Gasteiger partial charge in [0.05, 0.1) is 11.1 Å². The molecule has 2 aromatic rings. The Morgan fingerprint density at radius 1 is 1.03 bits per heavy atom. The lowest BCUT2D eigenvalue weighted by molar-refractivity contribution is -0.384. The van der Waals surface area contributed by atoms with Crippen LogP contribution in [0.5, 0.6) is 0 Å². The minimum Gasteiger partial charge on any atom is -0.326 e. The number of hydrazone groups is 1. The van der Waals surface area contributed by atoms with Crippen molar-refractivity contribution in [3.8, 4) is 0 Å². The summed E-state index contributed by atoms with van der Waals surface area (Å²) in [5.74, 6) is -0.438. The van der Waals surface area contributed by atoms with Crippen molar-refractivity contribution in [2.75, 3.05) is 5.32 Å². The number of carbonyl (C=O) groups excluding carboxylic acids is 2. The molecule has 0 aliphatic heterocycles. The number of hydrogen-bond acceptors (Lipinski definition) is 5. The highest BCUT2D eigenvalue weighted by Gasteiger charge is 2.06. The van der Waals surface area contributed by atoms with Gasteiger partial charge in [-0.15, -0.1) is 0 Å². The van der Waals surface area contributed by atoms with Crippen molar-refractivity contribution in [2.45, 2.75) is 39.0 Å². The van der Waals surface area contributed by atoms with E-state index in [-0.39, 0.29) is 11.6 Å². The second-order valence-electron chi connectivity index (χ2n) is 6.48. The minimum absolute atomic E-state index is 0.0145. The molecular formula is C21H24N4O4. The molecule has 0 atom stereocenters. The monoisotopic (exact) mass is 396 g/mol. The molecule has 0 aromatic heterocycles. The van der Waals surface area contributed by atoms with Crippen LogP contribution >= 0.6 is 0 Å². The van der Waals surface area contributed by atoms with Gasteiger partial charge in [-0.1, -0.05) is 26.2 Å². The Kier molecular flexibility index (Phi) is 8.50. The van der Waals surface area contributed by atoms with Crippen LogP contribution in [0.4, 0.5) is 11.4 Å². The topological polar surface area (TPSA) is 114 Å². The third-order valence-electron chi connectivity index (χ3n) is 4.17. The number of anilines is 1. The van der Waals surface area contributed by atoms with Gasteiger partial charge in [0.2, 0.25) is 5.91 Å². The number of amides is 2. The van der Waals surface area contributed by atoms with Gasteiger partial charge in [-0.3, -0.25) is 19.7 Å². The lowest BCUT2D eigenvalue weighted by atomic mass is 10.1. The summed E-state index contributed by atoms with van der Waals surface area (Å²) in [6.07, 6.45) is 6.05. The van der Waals surface area contributed by atoms with Gasteiger partial charge >= 0.3 is 0 Å². The van der Waals surface area contributed by atoms with Gasteiger partial charge in [-0.05, 0) is 48.4 Å². The van der Waals surface area contributed by atoms with Crippen LogP contribution in [-0.2, 0) is 4.79 Å². The van der Waals surface area contributed by atoms with Crippen molar-refractivity contribution < 1.29 is 14.5 Å². The first-order valence-electron chi connectivity index (χ1n) is 9.47. The summed E-state index contributed by atoms with van der Waals surface area (Å²) < 4.78 is 0. The first-order valence-corrected chi connectivity index (χ1v) is 9.47. The molecule has 8 heteroatoms. The predicted octanol–water partition coefficient (Wildman–Crippen LogP) is 4.27. The molecule has 0 radical (unpaired) electrons. The van der Waals surface area contributed by atoms with E-state index in [1.54, 1.807) is 24.3 Å². The fourth-order valence-electron chi connectivity index (χ4n) is 2.55. The van der Waals surface area contributed by atoms with Crippen LogP contribution in [0.1, 0.15) is 54.9 Å². The highest BCUT2D eigenvalue weighted by atomic mass is 16.6. The maximum Gasteiger partial charge on any atom is 0.271 e. The first kappa shape index (κ1) is 21.7. The second-order valence-corrected chi connectivity index (χ2v) is 6.48. The quantitative estimate of drug-likeness (QED) is 0.270. The van der Waals surface area contributed by atoms with Crippen molar-refractivity contribution in [3.05, 3.63) is 69.8 Å². The first-order chi connectivity index (χ1) is 14.0. The normalized spacial score (nSPS) is 10.7. The molecule has 0 saturated carbocycles. The number of nitro groups is 1. The van der Waals surface area contributed by atoms with Crippen LogP contribution in [-0.4, -0.2) is 23.0 Å². The molecule has 0 bridgehead atoms. The van der Waals surface area contributed by atoms with Crippen LogP contribution in [0.15, 0.2) is 53.6 Å². The highest BCUT2D eigenvalue weighted by Crippen LogP contribution is 2.12. The summed E-state index contributed by atoms with van der Waals surface area (Å²) in [4.78, 5) is 34.1. The number of hydrogen-bond donors (Lipinski definition) is 2. The van der Waals surface area contributed by atoms with Crippen LogP contribution in [0.25, 0.3) is 0 Å². The molecule has 0 aliphatic carbocycles. The zero-order valence-electron chi connectivity index (χ0n) is 16.3. The lowest BCUT2D eigenvalue weighted by Gasteiger charge is -2.06. The van der Waals surface area contributed by atoms with E-state index in [1.807, 2.05) is 0 Å². The molecule has 0 aliphatic rings. The van der Waals surface area contributed by atoms with Gasteiger partial charge in [0, 0.05) is 29.8 Å². The molecule has 29 heavy (non-hydrogen) atoms. The Hall–Kier alpha value is -3.55. The Balaban J connectivity index is 1.82. The van der Waals surface area contributed by atoms with Gasteiger partial charge in [-0.2, -0.15) is 5.10 Å². The van der Waals surface area contributed by atoms with Gasteiger partial charge < -0.3 is 5.32 Å². The number of nitrogens with one attached hydrogen (secondary N) is 2. The number of rotatable bonds is 10. The molecule has 0 heterocycles. The van der Waals surface area contributed by atoms with E-state index < -0.39 is 10.8 Å². The molecular weight excluding hydrogens is 372 g/mol. The third-order valence-corrected chi connectivity index (χ3v) is 4.17. The predicted molar refractivity (Wildman–Crippen MR) is 112 cm³/mol. The zero-order chi connectivity index (χ0) is 21.1. The van der Waals surface area contributed by atoms with E-state index in [9.17, 15) is 19.7 Å². The van der Waals surface area contributed by atoms with E-state index in [2.05, 4.69) is 22.8 Å². The zero-order valence-corrected chi connectivity index (χ0v) is 16.3. The number of carbonyl (C=O) groups is 2. The van der Waals surface area contributed by atoms with Gasteiger partial charge in [0.15, 0.2) is 0 Å². The number of nitrogens with zero attached hydrogens (tertiary/aromatic N) is 2. The average molecular weight is 396 g/mol. The fraction of sp³-hybridized carbons (Fsp3) is 0.286. The molecule has 0 unspecified atom stereocenters. The van der Waals surface area contributed by atoms with E-state index in [0.717, 1.165) is 25.7 Å². The number of unbranched alkanes of at least 4 members (excludes halogenated alkanes) is 3. The molecule has 2 rings (SSSR count). The van der Waals surface area contributed by atoms with E-state index in [4.69, 9.17) is 0 Å². The Morgan fingerprint density at radius 2 is 1.72 bits per heavy atom. The van der Waals surface area contributed by atoms with Crippen LogP contribution < -0.4 is 10.7 Å². The standard InChI is InChI=1S/C21H24N4O4/c1-2-3-4-5-6-20(26)23-18-11-9-17(10-12-18)21(27)24-22-15-16-7-13-19(14-8-16)25(28)29/h7-15H,2-6H2,1H3,(H,23,26)(H,24,27). The third kappa shape index (κ3) is 7.53. The summed E-state index contributed by atoms with van der Waals surface area (Å²) in [7, 11) is 0. The Morgan fingerprint density at radius 3 is 2.34 bits per heavy atom. The Labute approximate surface area is 169 Å². The fourth-order valence-corrected chi connectivity index (χ4v) is 2.55. The van der Waals surface area contributed by atoms with Crippen LogP contribution in [0.3, 0.4) is 0 Å². The molecule has 0 spiro atoms. The van der Waals surface area contributed by atoms with Gasteiger partial charge in [0.25, 0.3) is 11.6 Å². The Bertz CT molecular complexity index is 861. The molecule has 2 amide bonds. The van der Waals surface area contributed by atoms with Crippen molar-refractivity contribution in [1.29, 1.82) is 0 Å². The molecule has 0 fully saturated rings. The SMILES string of the molecule is CCCCCCC(=O)Nc1ccc(C(=O)NN=Cc2ccc([N+](=O)[O-])cc2)cc1. The van der Waals surface area contributed by atoms with Crippen LogP contribution in [0.2, 0.25) is 0 Å². The second kappa shape index (κ2) is 11.3. The van der Waals surface area contributed by atoms with Crippen molar-refractivity contribution in [1.82, 2.24) is 5.43 Å². The highest BCUT2D eigenvalue weighted by molar-refractivity contribution is 5.96. The smallest absolute Gasteiger partial charge is 0.271 e. The van der Waals surface area contributed by atoms with E-state index in [1.165, 1.54) is 30.5 Å². The van der Waals surface area contributed by atoms with Gasteiger partial charge in [-0.25, -0.2) is 5.43 Å². The van der Waals surface area contributed by atoms with Crippen molar-refractivity contribution >= 4 is 29.4 Å². The summed E-state index contributed by atoms with van der Waals surface area (Å²) in [6.45, 7) is 2.12. The van der Waals surface area contributed by atoms with Crippen molar-refractivity contribution in [2.24, 2.45) is 5.10 Å². The van der Waals surface area contributed by atoms with E-state index >= 15 is 0 Å². The summed E-state index contributed by atoms with van der Waals surface area (Å²) in [6, 6.07) is 12.3. The summed E-state index contributed by atoms with van der Waals surface area (Å²) >= 11 is 0. The van der Waals surface area contributed by atoms with Crippen LogP contribution in [0, 0.1) is 10.1 Å². The molecule has 2 aromatic carbocycles. The molecule has 152 valence electrons. The maximum absolute atomic E-state index is 12.1. The summed E-state index contributed by atoms with van der Waals surface area (Å²) in [5, 5.41) is 17.3. The van der Waals surface area contributed by atoms with Gasteiger partial charge in [0.1, 0.15) is 0 Å². The number of non-ortho nitro benzene ring substituents is 1. The number of benzene rings is 2. The molecule has 0 saturated heterocycles.